The number of amides is 1. The Balaban J connectivity index is 2.02. The molecule has 0 unspecified atom stereocenters. The molecular weight excluding hydrogens is 288 g/mol. The van der Waals surface area contributed by atoms with Crippen LogP contribution in [0, 0.1) is 5.41 Å². The smallest absolute Gasteiger partial charge is 0.253 e. The van der Waals surface area contributed by atoms with Gasteiger partial charge in [0.05, 0.1) is 0 Å². The lowest BCUT2D eigenvalue weighted by Crippen LogP contribution is -2.39. The predicted molar refractivity (Wildman–Crippen MR) is 92.8 cm³/mol. The van der Waals surface area contributed by atoms with Gasteiger partial charge in [0.15, 0.2) is 0 Å². The Morgan fingerprint density at radius 3 is 2.17 bits per heavy atom. The van der Waals surface area contributed by atoms with Gasteiger partial charge in [-0.15, -0.1) is 0 Å². The zero-order valence-electron chi connectivity index (χ0n) is 14.0. The molecule has 0 fully saturated rings. The highest BCUT2D eigenvalue weighted by atomic mass is 16.5. The van der Waals surface area contributed by atoms with Gasteiger partial charge in [0.25, 0.3) is 5.91 Å². The van der Waals surface area contributed by atoms with Gasteiger partial charge in [-0.1, -0.05) is 32.0 Å². The third-order valence-corrected chi connectivity index (χ3v) is 3.64. The first-order chi connectivity index (χ1) is 10.9. The second kappa shape index (κ2) is 7.29. The van der Waals surface area contributed by atoms with Crippen LogP contribution < -0.4 is 10.5 Å². The van der Waals surface area contributed by atoms with E-state index in [0.717, 1.165) is 5.75 Å². The van der Waals surface area contributed by atoms with E-state index >= 15 is 0 Å². The molecule has 0 aliphatic rings. The molecule has 122 valence electrons. The molecule has 0 aliphatic heterocycles. The van der Waals surface area contributed by atoms with E-state index in [1.54, 1.807) is 24.1 Å². The van der Waals surface area contributed by atoms with Gasteiger partial charge in [-0.25, -0.2) is 0 Å². The lowest BCUT2D eigenvalue weighted by molar-refractivity contribution is 0.0740. The fourth-order valence-electron chi connectivity index (χ4n) is 2.29. The monoisotopic (exact) mass is 312 g/mol. The summed E-state index contributed by atoms with van der Waals surface area (Å²) in [6, 6.07) is 16.7. The minimum atomic E-state index is -0.0965. The Morgan fingerprint density at radius 2 is 1.61 bits per heavy atom. The molecule has 0 spiro atoms. The maximum atomic E-state index is 12.5. The Labute approximate surface area is 137 Å². The number of carbonyl (C=O) groups excluding carboxylic acids is 1. The van der Waals surface area contributed by atoms with Crippen LogP contribution in [0.25, 0.3) is 0 Å². The fourth-order valence-corrected chi connectivity index (χ4v) is 2.29. The third-order valence-electron chi connectivity index (χ3n) is 3.64. The summed E-state index contributed by atoms with van der Waals surface area (Å²) in [6.45, 7) is 5.25. The zero-order chi connectivity index (χ0) is 16.9. The number of hydrogen-bond acceptors (Lipinski definition) is 3. The molecule has 0 aliphatic carbocycles. The number of benzene rings is 2. The van der Waals surface area contributed by atoms with Crippen molar-refractivity contribution >= 4 is 5.91 Å². The molecule has 2 aromatic rings. The number of hydrogen-bond donors (Lipinski definition) is 1. The zero-order valence-corrected chi connectivity index (χ0v) is 14.0. The molecule has 1 amide bonds. The van der Waals surface area contributed by atoms with Crippen molar-refractivity contribution in [1.29, 1.82) is 0 Å². The molecule has 4 heteroatoms. The third kappa shape index (κ3) is 4.83. The Hall–Kier alpha value is -2.33. The van der Waals surface area contributed by atoms with Crippen LogP contribution in [-0.4, -0.2) is 30.9 Å². The van der Waals surface area contributed by atoms with Crippen LogP contribution in [0.1, 0.15) is 24.2 Å². The molecule has 4 nitrogen and oxygen atoms in total. The number of nitrogens with two attached hydrogens (primary N) is 1. The minimum absolute atomic E-state index is 0.0159. The largest absolute Gasteiger partial charge is 0.457 e. The molecular formula is C19H24N2O2. The van der Waals surface area contributed by atoms with E-state index in [2.05, 4.69) is 0 Å². The van der Waals surface area contributed by atoms with Crippen LogP contribution >= 0.6 is 0 Å². The lowest BCUT2D eigenvalue weighted by Gasteiger charge is -2.29. The van der Waals surface area contributed by atoms with E-state index < -0.39 is 0 Å². The van der Waals surface area contributed by atoms with Gasteiger partial charge in [0.1, 0.15) is 11.5 Å². The average molecular weight is 312 g/mol. The lowest BCUT2D eigenvalue weighted by atomic mass is 9.93. The van der Waals surface area contributed by atoms with Gasteiger partial charge in [-0.05, 0) is 48.4 Å². The molecule has 0 aromatic heterocycles. The highest BCUT2D eigenvalue weighted by Gasteiger charge is 2.21. The van der Waals surface area contributed by atoms with Gasteiger partial charge < -0.3 is 15.4 Å². The van der Waals surface area contributed by atoms with Gasteiger partial charge in [-0.2, -0.15) is 0 Å². The first-order valence-corrected chi connectivity index (χ1v) is 7.70. The summed E-state index contributed by atoms with van der Waals surface area (Å²) in [6.07, 6.45) is 0. The maximum absolute atomic E-state index is 12.5. The van der Waals surface area contributed by atoms with E-state index in [9.17, 15) is 4.79 Å². The molecule has 2 rings (SSSR count). The molecule has 0 heterocycles. The number of ether oxygens (including phenoxy) is 1. The van der Waals surface area contributed by atoms with Gasteiger partial charge >= 0.3 is 0 Å². The first-order valence-electron chi connectivity index (χ1n) is 7.70. The number of rotatable bonds is 6. The van der Waals surface area contributed by atoms with Crippen LogP contribution in [0.2, 0.25) is 0 Å². The van der Waals surface area contributed by atoms with Crippen molar-refractivity contribution in [2.45, 2.75) is 13.8 Å². The van der Waals surface area contributed by atoms with Crippen molar-refractivity contribution in [3.05, 3.63) is 60.2 Å². The molecule has 0 radical (unpaired) electrons. The number of nitrogens with zero attached hydrogens (tertiary/aromatic N) is 1. The summed E-state index contributed by atoms with van der Waals surface area (Å²) in [5.41, 5.74) is 6.28. The Morgan fingerprint density at radius 1 is 1.04 bits per heavy atom. The van der Waals surface area contributed by atoms with E-state index in [0.29, 0.717) is 24.4 Å². The summed E-state index contributed by atoms with van der Waals surface area (Å²) in [7, 11) is 1.80. The Bertz CT molecular complexity index is 636. The minimum Gasteiger partial charge on any atom is -0.457 e. The van der Waals surface area contributed by atoms with E-state index in [1.165, 1.54) is 0 Å². The molecule has 23 heavy (non-hydrogen) atoms. The highest BCUT2D eigenvalue weighted by Crippen LogP contribution is 2.22. The molecule has 0 atom stereocenters. The van der Waals surface area contributed by atoms with Crippen LogP contribution in [0.5, 0.6) is 11.5 Å². The van der Waals surface area contributed by atoms with Gasteiger partial charge in [-0.3, -0.25) is 4.79 Å². The van der Waals surface area contributed by atoms with E-state index in [4.69, 9.17) is 10.5 Å². The number of carbonyl (C=O) groups is 1. The average Bonchev–Trinajstić information content (AvgIpc) is 2.55. The van der Waals surface area contributed by atoms with Crippen molar-refractivity contribution in [2.75, 3.05) is 20.1 Å². The van der Waals surface area contributed by atoms with E-state index in [-0.39, 0.29) is 11.3 Å². The molecule has 0 bridgehead atoms. The second-order valence-electron chi connectivity index (χ2n) is 6.47. The topological polar surface area (TPSA) is 55.6 Å². The van der Waals surface area contributed by atoms with Gasteiger partial charge in [0, 0.05) is 19.2 Å². The summed E-state index contributed by atoms with van der Waals surface area (Å²) < 4.78 is 5.73. The van der Waals surface area contributed by atoms with Crippen LogP contribution in [0.4, 0.5) is 0 Å². The summed E-state index contributed by atoms with van der Waals surface area (Å²) >= 11 is 0. The number of para-hydroxylation sites is 1. The van der Waals surface area contributed by atoms with Crippen LogP contribution in [0.3, 0.4) is 0 Å². The van der Waals surface area contributed by atoms with Crippen LogP contribution in [-0.2, 0) is 0 Å². The second-order valence-corrected chi connectivity index (χ2v) is 6.47. The van der Waals surface area contributed by atoms with Crippen molar-refractivity contribution in [3.63, 3.8) is 0 Å². The SMILES string of the molecule is CN(CC(C)(C)CN)C(=O)c1ccc(Oc2ccccc2)cc1. The summed E-state index contributed by atoms with van der Waals surface area (Å²) in [5.74, 6) is 1.46. The van der Waals surface area contributed by atoms with Crippen molar-refractivity contribution in [3.8, 4) is 11.5 Å². The van der Waals surface area contributed by atoms with Crippen molar-refractivity contribution in [1.82, 2.24) is 4.90 Å². The fraction of sp³-hybridized carbons (Fsp3) is 0.316. The Kier molecular flexibility index (Phi) is 5.40. The highest BCUT2D eigenvalue weighted by molar-refractivity contribution is 5.94. The molecule has 0 saturated heterocycles. The maximum Gasteiger partial charge on any atom is 0.253 e. The van der Waals surface area contributed by atoms with Gasteiger partial charge in [0.2, 0.25) is 0 Å². The molecule has 0 saturated carbocycles. The standard InChI is InChI=1S/C19H24N2O2/c1-19(2,13-20)14-21(3)18(22)15-9-11-17(12-10-15)23-16-7-5-4-6-8-16/h4-12H,13-14,20H2,1-3H3. The summed E-state index contributed by atoms with van der Waals surface area (Å²) in [5, 5.41) is 0. The predicted octanol–water partition coefficient (Wildman–Crippen LogP) is 3.54. The first kappa shape index (κ1) is 17.0. The van der Waals surface area contributed by atoms with Crippen molar-refractivity contribution in [2.24, 2.45) is 11.1 Å². The quantitative estimate of drug-likeness (QED) is 0.887. The summed E-state index contributed by atoms with van der Waals surface area (Å²) in [4.78, 5) is 14.2. The van der Waals surface area contributed by atoms with E-state index in [1.807, 2.05) is 56.3 Å². The van der Waals surface area contributed by atoms with Crippen molar-refractivity contribution < 1.29 is 9.53 Å². The van der Waals surface area contributed by atoms with Crippen LogP contribution in [0.15, 0.2) is 54.6 Å². The molecule has 2 aromatic carbocycles. The normalized spacial score (nSPS) is 11.1. The molecule has 2 N–H and O–H groups in total.